The molecule has 1 heterocycles. The highest BCUT2D eigenvalue weighted by atomic mass is 35.5. The summed E-state index contributed by atoms with van der Waals surface area (Å²) >= 11 is 5.88. The molecule has 0 aliphatic heterocycles. The molecule has 22 heavy (non-hydrogen) atoms. The van der Waals surface area contributed by atoms with Crippen LogP contribution in [0, 0.1) is 0 Å². The second-order valence-electron chi connectivity index (χ2n) is 4.77. The van der Waals surface area contributed by atoms with E-state index in [-0.39, 0.29) is 17.8 Å². The molecule has 2 N–H and O–H groups in total. The summed E-state index contributed by atoms with van der Waals surface area (Å²) in [6.45, 7) is 0.275. The zero-order chi connectivity index (χ0) is 16.3. The van der Waals surface area contributed by atoms with Crippen molar-refractivity contribution in [2.75, 3.05) is 11.0 Å². The Labute approximate surface area is 133 Å². The van der Waals surface area contributed by atoms with Crippen molar-refractivity contribution in [1.82, 2.24) is 15.1 Å². The predicted molar refractivity (Wildman–Crippen MR) is 84.3 cm³/mol. The monoisotopic (exact) mass is 342 g/mol. The van der Waals surface area contributed by atoms with E-state index in [2.05, 4.69) is 15.1 Å². The van der Waals surface area contributed by atoms with Gasteiger partial charge in [-0.1, -0.05) is 11.6 Å². The highest BCUT2D eigenvalue weighted by molar-refractivity contribution is 7.92. The number of nitrogens with zero attached hydrogens (tertiary/aromatic N) is 2. The smallest absolute Gasteiger partial charge is 0.253 e. The van der Waals surface area contributed by atoms with E-state index in [1.807, 2.05) is 0 Å². The molecule has 0 atom stereocenters. The van der Waals surface area contributed by atoms with Crippen LogP contribution in [0.1, 0.15) is 15.9 Å². The van der Waals surface area contributed by atoms with E-state index in [1.54, 1.807) is 24.1 Å². The molecule has 9 heteroatoms. The van der Waals surface area contributed by atoms with E-state index >= 15 is 0 Å². The van der Waals surface area contributed by atoms with Crippen molar-refractivity contribution >= 4 is 33.2 Å². The molecule has 1 amide bonds. The van der Waals surface area contributed by atoms with E-state index in [9.17, 15) is 13.2 Å². The topological polar surface area (TPSA) is 93.1 Å². The molecule has 118 valence electrons. The number of halogens is 1. The number of benzene rings is 1. The number of sulfonamides is 1. The second kappa shape index (κ2) is 6.37. The molecule has 2 rings (SSSR count). The maximum Gasteiger partial charge on any atom is 0.253 e. The fourth-order valence-electron chi connectivity index (χ4n) is 1.83. The van der Waals surface area contributed by atoms with Crippen LogP contribution in [0.25, 0.3) is 0 Å². The number of carbonyl (C=O) groups excluding carboxylic acids is 1. The average molecular weight is 343 g/mol. The number of carbonyl (C=O) groups is 1. The Balaban J connectivity index is 2.18. The van der Waals surface area contributed by atoms with E-state index in [0.717, 1.165) is 11.8 Å². The molecule has 0 saturated heterocycles. The third kappa shape index (κ3) is 4.47. The van der Waals surface area contributed by atoms with Crippen molar-refractivity contribution in [1.29, 1.82) is 0 Å². The first-order chi connectivity index (χ1) is 10.2. The minimum atomic E-state index is -3.50. The number of aromatic nitrogens is 2. The Bertz CT molecular complexity index is 801. The van der Waals surface area contributed by atoms with Gasteiger partial charge >= 0.3 is 0 Å². The van der Waals surface area contributed by atoms with Gasteiger partial charge in [-0.25, -0.2) is 8.42 Å². The van der Waals surface area contributed by atoms with E-state index in [4.69, 9.17) is 11.6 Å². The number of hydrogen-bond acceptors (Lipinski definition) is 4. The lowest BCUT2D eigenvalue weighted by molar-refractivity contribution is 0.0952. The second-order valence-corrected chi connectivity index (χ2v) is 6.95. The number of aryl methyl sites for hydroxylation is 1. The quantitative estimate of drug-likeness (QED) is 0.858. The van der Waals surface area contributed by atoms with Crippen LogP contribution >= 0.6 is 11.6 Å². The Morgan fingerprint density at radius 1 is 1.41 bits per heavy atom. The summed E-state index contributed by atoms with van der Waals surface area (Å²) in [6, 6.07) is 4.36. The number of rotatable bonds is 5. The van der Waals surface area contributed by atoms with Crippen LogP contribution in [0.5, 0.6) is 0 Å². The normalized spacial score (nSPS) is 11.2. The summed E-state index contributed by atoms with van der Waals surface area (Å²) in [6.07, 6.45) is 4.42. The molecule has 0 radical (unpaired) electrons. The van der Waals surface area contributed by atoms with Crippen LogP contribution in [-0.2, 0) is 23.6 Å². The third-order valence-corrected chi connectivity index (χ3v) is 3.56. The van der Waals surface area contributed by atoms with Crippen LogP contribution in [0.3, 0.4) is 0 Å². The first-order valence-corrected chi connectivity index (χ1v) is 8.54. The standard InChI is InChI=1S/C13H15ClN4O3S/c1-18-8-9(7-16-18)6-15-13(19)11-5-10(14)3-4-12(11)17-22(2,20)21/h3-5,7-8,17H,6H2,1-2H3,(H,15,19). The highest BCUT2D eigenvalue weighted by Crippen LogP contribution is 2.21. The molecule has 0 unspecified atom stereocenters. The minimum Gasteiger partial charge on any atom is -0.348 e. The van der Waals surface area contributed by atoms with Crippen LogP contribution < -0.4 is 10.0 Å². The maximum atomic E-state index is 12.3. The third-order valence-electron chi connectivity index (χ3n) is 2.73. The molecule has 1 aromatic heterocycles. The summed E-state index contributed by atoms with van der Waals surface area (Å²) < 4.78 is 26.6. The zero-order valence-electron chi connectivity index (χ0n) is 12.0. The molecule has 0 aliphatic rings. The van der Waals surface area contributed by atoms with Crippen molar-refractivity contribution in [2.24, 2.45) is 7.05 Å². The molecule has 0 saturated carbocycles. The van der Waals surface area contributed by atoms with Gasteiger partial charge in [0.15, 0.2) is 0 Å². The van der Waals surface area contributed by atoms with Gasteiger partial charge in [0.2, 0.25) is 10.0 Å². The van der Waals surface area contributed by atoms with Crippen molar-refractivity contribution in [3.63, 3.8) is 0 Å². The van der Waals surface area contributed by atoms with Crippen molar-refractivity contribution in [3.8, 4) is 0 Å². The highest BCUT2D eigenvalue weighted by Gasteiger charge is 2.15. The Morgan fingerprint density at radius 3 is 2.73 bits per heavy atom. The molecular formula is C13H15ClN4O3S. The van der Waals surface area contributed by atoms with Gasteiger partial charge in [-0.15, -0.1) is 0 Å². The molecule has 0 fully saturated rings. The molecule has 2 aromatic rings. The fourth-order valence-corrected chi connectivity index (χ4v) is 2.58. The van der Waals surface area contributed by atoms with Crippen molar-refractivity contribution in [2.45, 2.75) is 6.54 Å². The Morgan fingerprint density at radius 2 is 2.14 bits per heavy atom. The fraction of sp³-hybridized carbons (Fsp3) is 0.231. The van der Waals surface area contributed by atoms with Crippen LogP contribution in [0.15, 0.2) is 30.6 Å². The Kier molecular flexibility index (Phi) is 4.72. The SMILES string of the molecule is Cn1cc(CNC(=O)c2cc(Cl)ccc2NS(C)(=O)=O)cn1. The van der Waals surface area contributed by atoms with Gasteiger partial charge in [0.25, 0.3) is 5.91 Å². The molecule has 0 bridgehead atoms. The van der Waals surface area contributed by atoms with Gasteiger partial charge < -0.3 is 5.32 Å². The number of anilines is 1. The van der Waals surface area contributed by atoms with Crippen molar-refractivity contribution in [3.05, 3.63) is 46.7 Å². The molecule has 0 spiro atoms. The molecule has 7 nitrogen and oxygen atoms in total. The number of nitrogens with one attached hydrogen (secondary N) is 2. The van der Waals surface area contributed by atoms with E-state index in [0.29, 0.717) is 5.02 Å². The minimum absolute atomic E-state index is 0.154. The Hall–Kier alpha value is -2.06. The first-order valence-electron chi connectivity index (χ1n) is 6.27. The van der Waals surface area contributed by atoms with E-state index < -0.39 is 15.9 Å². The molecule has 0 aliphatic carbocycles. The molecule has 1 aromatic carbocycles. The lowest BCUT2D eigenvalue weighted by Gasteiger charge is -2.11. The van der Waals surface area contributed by atoms with E-state index in [1.165, 1.54) is 18.2 Å². The van der Waals surface area contributed by atoms with Gasteiger partial charge in [0, 0.05) is 30.4 Å². The predicted octanol–water partition coefficient (Wildman–Crippen LogP) is 1.38. The summed E-state index contributed by atoms with van der Waals surface area (Å²) in [4.78, 5) is 12.3. The zero-order valence-corrected chi connectivity index (χ0v) is 13.6. The summed E-state index contributed by atoms with van der Waals surface area (Å²) in [7, 11) is -1.72. The van der Waals surface area contributed by atoms with Gasteiger partial charge in [0.05, 0.1) is 23.7 Å². The summed E-state index contributed by atoms with van der Waals surface area (Å²) in [5, 5.41) is 7.03. The van der Waals surface area contributed by atoms with Gasteiger partial charge in [-0.05, 0) is 18.2 Å². The largest absolute Gasteiger partial charge is 0.348 e. The van der Waals surface area contributed by atoms with Gasteiger partial charge in [-0.2, -0.15) is 5.10 Å². The maximum absolute atomic E-state index is 12.3. The number of amides is 1. The summed E-state index contributed by atoms with van der Waals surface area (Å²) in [5.41, 5.74) is 1.16. The van der Waals surface area contributed by atoms with Crippen LogP contribution in [0.4, 0.5) is 5.69 Å². The van der Waals surface area contributed by atoms with Gasteiger partial charge in [0.1, 0.15) is 0 Å². The molecular weight excluding hydrogens is 328 g/mol. The van der Waals surface area contributed by atoms with Gasteiger partial charge in [-0.3, -0.25) is 14.2 Å². The summed E-state index contributed by atoms with van der Waals surface area (Å²) in [5.74, 6) is -0.433. The number of hydrogen-bond donors (Lipinski definition) is 2. The lowest BCUT2D eigenvalue weighted by Crippen LogP contribution is -2.24. The van der Waals surface area contributed by atoms with Crippen molar-refractivity contribution < 1.29 is 13.2 Å². The first kappa shape index (κ1) is 16.3. The average Bonchev–Trinajstić information content (AvgIpc) is 2.82. The van der Waals surface area contributed by atoms with Crippen LogP contribution in [-0.4, -0.2) is 30.4 Å². The van der Waals surface area contributed by atoms with Crippen LogP contribution in [0.2, 0.25) is 5.02 Å². The lowest BCUT2D eigenvalue weighted by atomic mass is 10.1.